The first-order valence-electron chi connectivity index (χ1n) is 7.17. The third-order valence-electron chi connectivity index (χ3n) is 3.57. The normalized spacial score (nSPS) is 10.9. The van der Waals surface area contributed by atoms with Gasteiger partial charge in [-0.3, -0.25) is 0 Å². The standard InChI is InChI=1S/C17H11ClFN5/c18-14-8-11(2-4-15(14)19)23-17-13-9-12(24-7-1-6-22-24)3-5-16(13)20-10-21-17/h1-10H,(H,20,21,23). The maximum absolute atomic E-state index is 13.3. The maximum Gasteiger partial charge on any atom is 0.141 e. The van der Waals surface area contributed by atoms with Crippen LogP contribution in [0, 0.1) is 5.82 Å². The van der Waals surface area contributed by atoms with Crippen molar-refractivity contribution in [3.63, 3.8) is 0 Å². The maximum atomic E-state index is 13.3. The molecule has 0 aliphatic carbocycles. The number of hydrogen-bond acceptors (Lipinski definition) is 4. The zero-order chi connectivity index (χ0) is 16.5. The predicted octanol–water partition coefficient (Wildman–Crippen LogP) is 4.35. The monoisotopic (exact) mass is 339 g/mol. The second-order valence-electron chi connectivity index (χ2n) is 5.13. The molecule has 2 heterocycles. The lowest BCUT2D eigenvalue weighted by atomic mass is 10.2. The Kier molecular flexibility index (Phi) is 3.59. The van der Waals surface area contributed by atoms with Gasteiger partial charge in [-0.15, -0.1) is 0 Å². The average molecular weight is 340 g/mol. The van der Waals surface area contributed by atoms with Gasteiger partial charge in [0.25, 0.3) is 0 Å². The second kappa shape index (κ2) is 5.90. The van der Waals surface area contributed by atoms with E-state index < -0.39 is 5.82 Å². The van der Waals surface area contributed by atoms with E-state index in [1.54, 1.807) is 16.9 Å². The average Bonchev–Trinajstić information content (AvgIpc) is 3.13. The zero-order valence-electron chi connectivity index (χ0n) is 12.3. The Bertz CT molecular complexity index is 1020. The van der Waals surface area contributed by atoms with E-state index in [9.17, 15) is 4.39 Å². The molecular formula is C17H11ClFN5. The van der Waals surface area contributed by atoms with Crippen LogP contribution in [0.5, 0.6) is 0 Å². The minimum absolute atomic E-state index is 0.0515. The van der Waals surface area contributed by atoms with Crippen molar-refractivity contribution in [2.45, 2.75) is 0 Å². The van der Waals surface area contributed by atoms with Crippen molar-refractivity contribution in [1.29, 1.82) is 0 Å². The van der Waals surface area contributed by atoms with Gasteiger partial charge in [0, 0.05) is 23.5 Å². The minimum Gasteiger partial charge on any atom is -0.340 e. The third-order valence-corrected chi connectivity index (χ3v) is 3.86. The van der Waals surface area contributed by atoms with Gasteiger partial charge in [0.2, 0.25) is 0 Å². The molecule has 0 aliphatic rings. The van der Waals surface area contributed by atoms with Gasteiger partial charge >= 0.3 is 0 Å². The number of anilines is 2. The number of nitrogens with zero attached hydrogens (tertiary/aromatic N) is 4. The molecule has 0 saturated heterocycles. The lowest BCUT2D eigenvalue weighted by Crippen LogP contribution is -1.99. The van der Waals surface area contributed by atoms with Crippen molar-refractivity contribution >= 4 is 34.0 Å². The summed E-state index contributed by atoms with van der Waals surface area (Å²) in [6.07, 6.45) is 5.05. The number of rotatable bonds is 3. The Balaban J connectivity index is 1.79. The molecule has 0 atom stereocenters. The Labute approximate surface area is 141 Å². The molecule has 0 bridgehead atoms. The predicted molar refractivity (Wildman–Crippen MR) is 91.4 cm³/mol. The summed E-state index contributed by atoms with van der Waals surface area (Å²) in [4.78, 5) is 8.56. The van der Waals surface area contributed by atoms with Crippen LogP contribution in [-0.4, -0.2) is 19.7 Å². The van der Waals surface area contributed by atoms with Crippen molar-refractivity contribution < 1.29 is 4.39 Å². The lowest BCUT2D eigenvalue weighted by Gasteiger charge is -2.10. The summed E-state index contributed by atoms with van der Waals surface area (Å²) in [7, 11) is 0. The fourth-order valence-corrected chi connectivity index (χ4v) is 2.60. The highest BCUT2D eigenvalue weighted by molar-refractivity contribution is 6.31. The third kappa shape index (κ3) is 2.68. The highest BCUT2D eigenvalue weighted by Gasteiger charge is 2.08. The van der Waals surface area contributed by atoms with Crippen LogP contribution in [0.25, 0.3) is 16.6 Å². The molecule has 0 fully saturated rings. The summed E-state index contributed by atoms with van der Waals surface area (Å²) in [6, 6.07) is 12.1. The topological polar surface area (TPSA) is 55.6 Å². The number of halogens is 2. The highest BCUT2D eigenvalue weighted by atomic mass is 35.5. The van der Waals surface area contributed by atoms with Crippen LogP contribution >= 0.6 is 11.6 Å². The van der Waals surface area contributed by atoms with Crippen LogP contribution in [0.15, 0.2) is 61.2 Å². The number of benzene rings is 2. The van der Waals surface area contributed by atoms with E-state index in [0.717, 1.165) is 16.6 Å². The highest BCUT2D eigenvalue weighted by Crippen LogP contribution is 2.27. The Hall–Kier alpha value is -2.99. The molecule has 118 valence electrons. The molecule has 0 spiro atoms. The summed E-state index contributed by atoms with van der Waals surface area (Å²) < 4.78 is 15.1. The van der Waals surface area contributed by atoms with E-state index in [-0.39, 0.29) is 5.02 Å². The van der Waals surface area contributed by atoms with Crippen molar-refractivity contribution in [3.05, 3.63) is 72.0 Å². The molecule has 0 radical (unpaired) electrons. The number of aromatic nitrogens is 4. The van der Waals surface area contributed by atoms with Crippen LogP contribution < -0.4 is 5.32 Å². The molecule has 4 aromatic rings. The Morgan fingerprint density at radius 3 is 2.79 bits per heavy atom. The molecule has 0 aliphatic heterocycles. The molecule has 24 heavy (non-hydrogen) atoms. The van der Waals surface area contributed by atoms with E-state index in [2.05, 4.69) is 20.4 Å². The largest absolute Gasteiger partial charge is 0.340 e. The SMILES string of the molecule is Fc1ccc(Nc2ncnc3ccc(-n4cccn4)cc23)cc1Cl. The van der Waals surface area contributed by atoms with Crippen molar-refractivity contribution in [3.8, 4) is 5.69 Å². The molecule has 0 unspecified atom stereocenters. The fourth-order valence-electron chi connectivity index (χ4n) is 2.42. The summed E-state index contributed by atoms with van der Waals surface area (Å²) in [5.41, 5.74) is 2.32. The first-order valence-corrected chi connectivity index (χ1v) is 7.55. The van der Waals surface area contributed by atoms with Gasteiger partial charge in [-0.05, 0) is 42.5 Å². The molecular weight excluding hydrogens is 329 g/mol. The van der Waals surface area contributed by atoms with Gasteiger partial charge in [-0.1, -0.05) is 11.6 Å². The number of nitrogens with one attached hydrogen (secondary N) is 1. The van der Waals surface area contributed by atoms with E-state index in [1.807, 2.05) is 30.5 Å². The molecule has 0 saturated carbocycles. The molecule has 4 rings (SSSR count). The van der Waals surface area contributed by atoms with E-state index in [4.69, 9.17) is 11.6 Å². The van der Waals surface area contributed by atoms with Crippen LogP contribution in [0.1, 0.15) is 0 Å². The van der Waals surface area contributed by atoms with Crippen molar-refractivity contribution in [1.82, 2.24) is 19.7 Å². The van der Waals surface area contributed by atoms with Gasteiger partial charge in [-0.2, -0.15) is 5.10 Å². The molecule has 2 aromatic heterocycles. The first kappa shape index (κ1) is 14.6. The molecule has 0 amide bonds. The van der Waals surface area contributed by atoms with Crippen LogP contribution in [0.2, 0.25) is 5.02 Å². The van der Waals surface area contributed by atoms with E-state index >= 15 is 0 Å². The van der Waals surface area contributed by atoms with Crippen LogP contribution in [-0.2, 0) is 0 Å². The van der Waals surface area contributed by atoms with Crippen molar-refractivity contribution in [2.75, 3.05) is 5.32 Å². The summed E-state index contributed by atoms with van der Waals surface area (Å²) in [5, 5.41) is 8.26. The lowest BCUT2D eigenvalue weighted by molar-refractivity contribution is 0.628. The molecule has 7 heteroatoms. The smallest absolute Gasteiger partial charge is 0.141 e. The van der Waals surface area contributed by atoms with Gasteiger partial charge in [0.05, 0.1) is 16.2 Å². The fraction of sp³-hybridized carbons (Fsp3) is 0. The summed E-state index contributed by atoms with van der Waals surface area (Å²) >= 11 is 5.83. The summed E-state index contributed by atoms with van der Waals surface area (Å²) in [6.45, 7) is 0. The van der Waals surface area contributed by atoms with Gasteiger partial charge in [-0.25, -0.2) is 19.0 Å². The van der Waals surface area contributed by atoms with Crippen LogP contribution in [0.4, 0.5) is 15.9 Å². The quantitative estimate of drug-likeness (QED) is 0.603. The van der Waals surface area contributed by atoms with Gasteiger partial charge in [0.15, 0.2) is 0 Å². The second-order valence-corrected chi connectivity index (χ2v) is 5.54. The van der Waals surface area contributed by atoms with E-state index in [0.29, 0.717) is 11.5 Å². The Morgan fingerprint density at radius 1 is 1.08 bits per heavy atom. The minimum atomic E-state index is -0.462. The zero-order valence-corrected chi connectivity index (χ0v) is 13.1. The number of fused-ring (bicyclic) bond motifs is 1. The van der Waals surface area contributed by atoms with Gasteiger partial charge in [0.1, 0.15) is 18.0 Å². The first-order chi connectivity index (χ1) is 11.7. The van der Waals surface area contributed by atoms with Crippen LogP contribution in [0.3, 0.4) is 0 Å². The summed E-state index contributed by atoms with van der Waals surface area (Å²) in [5.74, 6) is 0.146. The molecule has 2 aromatic carbocycles. The molecule has 1 N–H and O–H groups in total. The number of hydrogen-bond donors (Lipinski definition) is 1. The molecule has 5 nitrogen and oxygen atoms in total. The van der Waals surface area contributed by atoms with Crippen molar-refractivity contribution in [2.24, 2.45) is 0 Å². The van der Waals surface area contributed by atoms with E-state index in [1.165, 1.54) is 18.5 Å². The Morgan fingerprint density at radius 2 is 2.00 bits per heavy atom. The van der Waals surface area contributed by atoms with Gasteiger partial charge < -0.3 is 5.32 Å².